The Bertz CT molecular complexity index is 845. The lowest BCUT2D eigenvalue weighted by Crippen LogP contribution is -2.20. The summed E-state index contributed by atoms with van der Waals surface area (Å²) in [6.07, 6.45) is 3.38. The standard InChI is InChI=1S/C20H25NO5S/c1-3-5-15(4-2)16-6-10-18(11-7-16)26-14-20(22)21-17-8-12-19(13-9-17)27(23,24)25/h6-13,15H,3-5,14H2,1-2H3,(H,21,22)(H,23,24,25). The van der Waals surface area contributed by atoms with Gasteiger partial charge < -0.3 is 10.1 Å². The van der Waals surface area contributed by atoms with E-state index in [1.807, 2.05) is 24.3 Å². The Hall–Kier alpha value is -2.38. The minimum Gasteiger partial charge on any atom is -0.484 e. The molecular formula is C20H25NO5S. The van der Waals surface area contributed by atoms with Gasteiger partial charge in [0.15, 0.2) is 6.61 Å². The number of anilines is 1. The predicted molar refractivity (Wildman–Crippen MR) is 105 cm³/mol. The zero-order valence-electron chi connectivity index (χ0n) is 15.5. The molecule has 2 rings (SSSR count). The third-order valence-electron chi connectivity index (χ3n) is 4.29. The van der Waals surface area contributed by atoms with Crippen LogP contribution in [0.25, 0.3) is 0 Å². The number of hydrogen-bond acceptors (Lipinski definition) is 4. The van der Waals surface area contributed by atoms with Crippen LogP contribution in [0.4, 0.5) is 5.69 Å². The van der Waals surface area contributed by atoms with E-state index < -0.39 is 10.1 Å². The molecule has 2 N–H and O–H groups in total. The highest BCUT2D eigenvalue weighted by Crippen LogP contribution is 2.26. The van der Waals surface area contributed by atoms with E-state index in [-0.39, 0.29) is 17.4 Å². The Morgan fingerprint density at radius 1 is 1.07 bits per heavy atom. The van der Waals surface area contributed by atoms with Crippen molar-refractivity contribution in [3.63, 3.8) is 0 Å². The summed E-state index contributed by atoms with van der Waals surface area (Å²) in [5.74, 6) is 0.788. The average molecular weight is 391 g/mol. The molecule has 0 aromatic heterocycles. The second kappa shape index (κ2) is 9.53. The first-order chi connectivity index (χ1) is 12.8. The summed E-state index contributed by atoms with van der Waals surface area (Å²) in [6, 6.07) is 13.0. The van der Waals surface area contributed by atoms with Crippen LogP contribution in [0.15, 0.2) is 53.4 Å². The topological polar surface area (TPSA) is 92.7 Å². The van der Waals surface area contributed by atoms with E-state index in [4.69, 9.17) is 9.29 Å². The largest absolute Gasteiger partial charge is 0.484 e. The summed E-state index contributed by atoms with van der Waals surface area (Å²) in [4.78, 5) is 11.7. The van der Waals surface area contributed by atoms with Crippen LogP contribution in [0, 0.1) is 0 Å². The van der Waals surface area contributed by atoms with Gasteiger partial charge in [0.1, 0.15) is 5.75 Å². The fraction of sp³-hybridized carbons (Fsp3) is 0.350. The van der Waals surface area contributed by atoms with Gasteiger partial charge in [0, 0.05) is 5.69 Å². The van der Waals surface area contributed by atoms with Gasteiger partial charge in [-0.3, -0.25) is 9.35 Å². The second-order valence-electron chi connectivity index (χ2n) is 6.30. The van der Waals surface area contributed by atoms with Gasteiger partial charge in [0.25, 0.3) is 16.0 Å². The van der Waals surface area contributed by atoms with E-state index >= 15 is 0 Å². The molecule has 27 heavy (non-hydrogen) atoms. The van der Waals surface area contributed by atoms with Crippen molar-refractivity contribution in [1.29, 1.82) is 0 Å². The monoisotopic (exact) mass is 391 g/mol. The average Bonchev–Trinajstić information content (AvgIpc) is 2.65. The van der Waals surface area contributed by atoms with E-state index in [1.165, 1.54) is 29.8 Å². The molecule has 0 aliphatic carbocycles. The highest BCUT2D eigenvalue weighted by atomic mass is 32.2. The number of carbonyl (C=O) groups is 1. The van der Waals surface area contributed by atoms with Crippen LogP contribution in [0.2, 0.25) is 0 Å². The summed E-state index contributed by atoms with van der Waals surface area (Å²) in [7, 11) is -4.25. The SMILES string of the molecule is CCCC(CC)c1ccc(OCC(=O)Nc2ccc(S(=O)(=O)O)cc2)cc1. The molecule has 6 nitrogen and oxygen atoms in total. The van der Waals surface area contributed by atoms with Crippen molar-refractivity contribution in [2.75, 3.05) is 11.9 Å². The number of carbonyl (C=O) groups excluding carboxylic acids is 1. The zero-order chi connectivity index (χ0) is 19.9. The number of amides is 1. The van der Waals surface area contributed by atoms with Crippen LogP contribution in [0.5, 0.6) is 5.75 Å². The molecule has 0 bridgehead atoms. The summed E-state index contributed by atoms with van der Waals surface area (Å²) < 4.78 is 36.4. The predicted octanol–water partition coefficient (Wildman–Crippen LogP) is 4.24. The molecule has 0 saturated heterocycles. The lowest BCUT2D eigenvalue weighted by molar-refractivity contribution is -0.118. The van der Waals surface area contributed by atoms with Gasteiger partial charge >= 0.3 is 0 Å². The molecule has 7 heteroatoms. The fourth-order valence-corrected chi connectivity index (χ4v) is 3.33. The van der Waals surface area contributed by atoms with Gasteiger partial charge in [0.05, 0.1) is 4.90 Å². The Kier molecular flexibility index (Phi) is 7.38. The summed E-state index contributed by atoms with van der Waals surface area (Å²) in [5, 5.41) is 2.61. The number of ether oxygens (including phenoxy) is 1. The Morgan fingerprint density at radius 3 is 2.22 bits per heavy atom. The smallest absolute Gasteiger partial charge is 0.294 e. The van der Waals surface area contributed by atoms with Gasteiger partial charge in [-0.05, 0) is 60.7 Å². The number of benzene rings is 2. The first kappa shape index (κ1) is 20.9. The van der Waals surface area contributed by atoms with Crippen LogP contribution in [-0.4, -0.2) is 25.5 Å². The van der Waals surface area contributed by atoms with Crippen LogP contribution in [0.3, 0.4) is 0 Å². The summed E-state index contributed by atoms with van der Waals surface area (Å²) >= 11 is 0. The van der Waals surface area contributed by atoms with Crippen LogP contribution in [0.1, 0.15) is 44.6 Å². The maximum absolute atomic E-state index is 12.0. The van der Waals surface area contributed by atoms with Crippen molar-refractivity contribution in [1.82, 2.24) is 0 Å². The van der Waals surface area contributed by atoms with E-state index in [1.54, 1.807) is 0 Å². The lowest BCUT2D eigenvalue weighted by Gasteiger charge is -2.15. The maximum Gasteiger partial charge on any atom is 0.294 e. The molecule has 0 radical (unpaired) electrons. The second-order valence-corrected chi connectivity index (χ2v) is 7.72. The molecule has 0 spiro atoms. The molecule has 1 unspecified atom stereocenters. The van der Waals surface area contributed by atoms with Crippen LogP contribution in [-0.2, 0) is 14.9 Å². The summed E-state index contributed by atoms with van der Waals surface area (Å²) in [5.41, 5.74) is 1.69. The molecule has 146 valence electrons. The van der Waals surface area contributed by atoms with E-state index in [0.29, 0.717) is 17.4 Å². The number of nitrogens with one attached hydrogen (secondary N) is 1. The Labute approximate surface area is 160 Å². The third kappa shape index (κ3) is 6.37. The minimum absolute atomic E-state index is 0.161. The molecular weight excluding hydrogens is 366 g/mol. The molecule has 2 aromatic carbocycles. The highest BCUT2D eigenvalue weighted by molar-refractivity contribution is 7.85. The van der Waals surface area contributed by atoms with Gasteiger partial charge in [-0.25, -0.2) is 0 Å². The van der Waals surface area contributed by atoms with Gasteiger partial charge in [0.2, 0.25) is 0 Å². The summed E-state index contributed by atoms with van der Waals surface area (Å²) in [6.45, 7) is 4.19. The Morgan fingerprint density at radius 2 is 1.70 bits per heavy atom. The van der Waals surface area contributed by atoms with Crippen molar-refractivity contribution in [2.45, 2.75) is 43.9 Å². The highest BCUT2D eigenvalue weighted by Gasteiger charge is 2.11. The van der Waals surface area contributed by atoms with E-state index in [9.17, 15) is 13.2 Å². The van der Waals surface area contributed by atoms with Crippen LogP contribution >= 0.6 is 0 Å². The quantitative estimate of drug-likeness (QED) is 0.624. The van der Waals surface area contributed by atoms with Crippen molar-refractivity contribution >= 4 is 21.7 Å². The van der Waals surface area contributed by atoms with Gasteiger partial charge in [-0.2, -0.15) is 8.42 Å². The molecule has 2 aromatic rings. The molecule has 0 aliphatic rings. The fourth-order valence-electron chi connectivity index (χ4n) is 2.85. The first-order valence-corrected chi connectivity index (χ1v) is 10.4. The number of rotatable bonds is 9. The lowest BCUT2D eigenvalue weighted by atomic mass is 9.92. The van der Waals surface area contributed by atoms with Crippen molar-refractivity contribution in [2.24, 2.45) is 0 Å². The van der Waals surface area contributed by atoms with Gasteiger partial charge in [-0.1, -0.05) is 32.4 Å². The minimum atomic E-state index is -4.25. The normalized spacial score (nSPS) is 12.4. The van der Waals surface area contributed by atoms with Crippen molar-refractivity contribution in [3.8, 4) is 5.75 Å². The molecule has 0 fully saturated rings. The van der Waals surface area contributed by atoms with Crippen molar-refractivity contribution in [3.05, 3.63) is 54.1 Å². The Balaban J connectivity index is 1.88. The molecule has 0 saturated carbocycles. The molecule has 0 aliphatic heterocycles. The van der Waals surface area contributed by atoms with Gasteiger partial charge in [-0.15, -0.1) is 0 Å². The molecule has 1 atom stereocenters. The maximum atomic E-state index is 12.0. The van der Waals surface area contributed by atoms with Crippen LogP contribution < -0.4 is 10.1 Å². The van der Waals surface area contributed by atoms with E-state index in [2.05, 4.69) is 19.2 Å². The van der Waals surface area contributed by atoms with Crippen molar-refractivity contribution < 1.29 is 22.5 Å². The van der Waals surface area contributed by atoms with E-state index in [0.717, 1.165) is 19.3 Å². The first-order valence-electron chi connectivity index (χ1n) is 8.93. The number of hydrogen-bond donors (Lipinski definition) is 2. The third-order valence-corrected chi connectivity index (χ3v) is 5.16. The molecule has 1 amide bonds. The molecule has 0 heterocycles. The zero-order valence-corrected chi connectivity index (χ0v) is 16.3.